The van der Waals surface area contributed by atoms with Gasteiger partial charge in [-0.15, -0.1) is 0 Å². The van der Waals surface area contributed by atoms with Crippen molar-refractivity contribution in [3.05, 3.63) is 33.3 Å². The molecule has 14 heavy (non-hydrogen) atoms. The Morgan fingerprint density at radius 2 is 1.79 bits per heavy atom. The van der Waals surface area contributed by atoms with Crippen molar-refractivity contribution in [3.63, 3.8) is 0 Å². The third-order valence-corrected chi connectivity index (χ3v) is 3.01. The van der Waals surface area contributed by atoms with Crippen LogP contribution in [0.5, 0.6) is 0 Å². The molecule has 0 nitrogen and oxygen atoms in total. The van der Waals surface area contributed by atoms with Crippen molar-refractivity contribution in [1.29, 1.82) is 0 Å². The highest BCUT2D eigenvalue weighted by Crippen LogP contribution is 2.29. The largest absolute Gasteiger partial charge is 0.0837 e. The fourth-order valence-electron chi connectivity index (χ4n) is 1.51. The van der Waals surface area contributed by atoms with E-state index in [2.05, 4.69) is 19.9 Å². The summed E-state index contributed by atoms with van der Waals surface area (Å²) in [7, 11) is 0. The van der Waals surface area contributed by atoms with Crippen LogP contribution in [-0.4, -0.2) is 0 Å². The molecule has 0 saturated carbocycles. The van der Waals surface area contributed by atoms with Gasteiger partial charge in [-0.3, -0.25) is 0 Å². The van der Waals surface area contributed by atoms with E-state index >= 15 is 0 Å². The fraction of sp³-hybridized carbons (Fsp3) is 0.500. The smallest absolute Gasteiger partial charge is 0.0531 e. The van der Waals surface area contributed by atoms with E-state index < -0.39 is 0 Å². The molecule has 0 aromatic heterocycles. The molecule has 0 aliphatic carbocycles. The third kappa shape index (κ3) is 2.65. The minimum atomic E-state index is 0.678. The molecule has 0 saturated heterocycles. The van der Waals surface area contributed by atoms with Crippen molar-refractivity contribution >= 4 is 23.2 Å². The van der Waals surface area contributed by atoms with Crippen LogP contribution in [0.3, 0.4) is 0 Å². The molecule has 0 aliphatic rings. The Bertz CT molecular complexity index is 305. The monoisotopic (exact) mass is 229 g/mol. The number of hydrogen-bond acceptors (Lipinski definition) is 0. The lowest BCUT2D eigenvalue weighted by molar-refractivity contribution is 0.895. The first-order chi connectivity index (χ1) is 6.70. The molecule has 1 aromatic carbocycles. The molecule has 0 bridgehead atoms. The normalized spacial score (nSPS) is 10.6. The van der Waals surface area contributed by atoms with E-state index in [0.29, 0.717) is 5.02 Å². The fourth-order valence-corrected chi connectivity index (χ4v) is 2.14. The van der Waals surface area contributed by atoms with Gasteiger partial charge in [0.2, 0.25) is 0 Å². The highest BCUT2D eigenvalue weighted by molar-refractivity contribution is 6.36. The maximum absolute atomic E-state index is 6.27. The summed E-state index contributed by atoms with van der Waals surface area (Å²) in [6.07, 6.45) is 4.10. The quantitative estimate of drug-likeness (QED) is 0.703. The number of halogens is 2. The molecular formula is C12H15Cl2. The molecule has 1 aromatic rings. The summed E-state index contributed by atoms with van der Waals surface area (Å²) in [6, 6.07) is 4.97. The van der Waals surface area contributed by atoms with Crippen molar-refractivity contribution < 1.29 is 0 Å². The highest BCUT2D eigenvalue weighted by atomic mass is 35.5. The summed E-state index contributed by atoms with van der Waals surface area (Å²) in [6.45, 7) is 4.27. The molecule has 0 amide bonds. The summed E-state index contributed by atoms with van der Waals surface area (Å²) in [5, 5.41) is 1.52. The van der Waals surface area contributed by atoms with Crippen LogP contribution < -0.4 is 0 Å². The number of hydrogen-bond donors (Lipinski definition) is 0. The van der Waals surface area contributed by atoms with Crippen molar-refractivity contribution in [1.82, 2.24) is 0 Å². The van der Waals surface area contributed by atoms with Crippen LogP contribution in [0.1, 0.15) is 37.8 Å². The Hall–Kier alpha value is -0.200. The highest BCUT2D eigenvalue weighted by Gasteiger charge is 2.09. The summed E-state index contributed by atoms with van der Waals surface area (Å²) >= 11 is 12.3. The van der Waals surface area contributed by atoms with Crippen molar-refractivity contribution in [3.8, 4) is 0 Å². The van der Waals surface area contributed by atoms with Gasteiger partial charge in [-0.2, -0.15) is 0 Å². The van der Waals surface area contributed by atoms with E-state index in [1.807, 2.05) is 6.07 Å². The third-order valence-electron chi connectivity index (χ3n) is 2.20. The Morgan fingerprint density at radius 3 is 2.36 bits per heavy atom. The van der Waals surface area contributed by atoms with Crippen LogP contribution in [0.15, 0.2) is 6.07 Å². The number of benzene rings is 1. The van der Waals surface area contributed by atoms with Gasteiger partial charge in [-0.1, -0.05) is 49.9 Å². The van der Waals surface area contributed by atoms with E-state index in [1.165, 1.54) is 5.56 Å². The van der Waals surface area contributed by atoms with E-state index in [-0.39, 0.29) is 0 Å². The molecule has 0 fully saturated rings. The van der Waals surface area contributed by atoms with Crippen LogP contribution >= 0.6 is 23.2 Å². The molecule has 1 rings (SSSR count). The SMILES string of the molecule is CCCc1c[c]c(Cl)c(CCC)c1Cl. The molecule has 77 valence electrons. The molecule has 2 heteroatoms. The second-order valence-corrected chi connectivity index (χ2v) is 4.18. The molecule has 0 atom stereocenters. The maximum Gasteiger partial charge on any atom is 0.0531 e. The van der Waals surface area contributed by atoms with Crippen LogP contribution in [0.4, 0.5) is 0 Å². The topological polar surface area (TPSA) is 0 Å². The average Bonchev–Trinajstić information content (AvgIpc) is 2.17. The second kappa shape index (κ2) is 5.63. The first kappa shape index (κ1) is 11.9. The van der Waals surface area contributed by atoms with Gasteiger partial charge in [0.25, 0.3) is 0 Å². The molecule has 0 heterocycles. The first-order valence-electron chi connectivity index (χ1n) is 5.08. The van der Waals surface area contributed by atoms with Crippen molar-refractivity contribution in [2.75, 3.05) is 0 Å². The lowest BCUT2D eigenvalue weighted by atomic mass is 10.0. The van der Waals surface area contributed by atoms with Gasteiger partial charge in [-0.25, -0.2) is 0 Å². The van der Waals surface area contributed by atoms with E-state index in [0.717, 1.165) is 36.3 Å². The Morgan fingerprint density at radius 1 is 1.14 bits per heavy atom. The zero-order valence-electron chi connectivity index (χ0n) is 8.66. The standard InChI is InChI=1S/C12H15Cl2/c1-3-5-9-7-8-11(13)10(6-4-2)12(9)14/h7H,3-6H2,1-2H3. The summed E-state index contributed by atoms with van der Waals surface area (Å²) in [5.41, 5.74) is 2.23. The van der Waals surface area contributed by atoms with Crippen LogP contribution in [0.2, 0.25) is 10.0 Å². The Kier molecular flexibility index (Phi) is 4.77. The summed E-state index contributed by atoms with van der Waals surface area (Å²) in [5.74, 6) is 0. The maximum atomic E-state index is 6.27. The average molecular weight is 230 g/mol. The molecular weight excluding hydrogens is 215 g/mol. The Balaban J connectivity index is 3.05. The van der Waals surface area contributed by atoms with E-state index in [4.69, 9.17) is 23.2 Å². The lowest BCUT2D eigenvalue weighted by Gasteiger charge is -2.09. The van der Waals surface area contributed by atoms with Gasteiger partial charge < -0.3 is 0 Å². The van der Waals surface area contributed by atoms with Crippen LogP contribution in [-0.2, 0) is 12.8 Å². The molecule has 1 radical (unpaired) electrons. The van der Waals surface area contributed by atoms with Gasteiger partial charge in [0.1, 0.15) is 0 Å². The number of rotatable bonds is 4. The first-order valence-corrected chi connectivity index (χ1v) is 5.83. The van der Waals surface area contributed by atoms with Gasteiger partial charge in [0.05, 0.1) is 5.02 Å². The second-order valence-electron chi connectivity index (χ2n) is 3.42. The van der Waals surface area contributed by atoms with Crippen molar-refractivity contribution in [2.45, 2.75) is 39.5 Å². The molecule has 0 N–H and O–H groups in total. The molecule has 0 spiro atoms. The minimum absolute atomic E-state index is 0.678. The summed E-state index contributed by atoms with van der Waals surface area (Å²) in [4.78, 5) is 0. The van der Waals surface area contributed by atoms with Gasteiger partial charge in [0.15, 0.2) is 0 Å². The van der Waals surface area contributed by atoms with Gasteiger partial charge >= 0.3 is 0 Å². The lowest BCUT2D eigenvalue weighted by Crippen LogP contribution is -1.93. The van der Waals surface area contributed by atoms with E-state index in [9.17, 15) is 0 Å². The van der Waals surface area contributed by atoms with Crippen LogP contribution in [0.25, 0.3) is 0 Å². The Labute approximate surface area is 96.2 Å². The molecule has 0 unspecified atom stereocenters. The predicted molar refractivity (Wildman–Crippen MR) is 63.3 cm³/mol. The van der Waals surface area contributed by atoms with Gasteiger partial charge in [0, 0.05) is 11.1 Å². The molecule has 0 aliphatic heterocycles. The zero-order valence-corrected chi connectivity index (χ0v) is 10.2. The van der Waals surface area contributed by atoms with Crippen LogP contribution in [0, 0.1) is 6.07 Å². The minimum Gasteiger partial charge on any atom is -0.0837 e. The van der Waals surface area contributed by atoms with E-state index in [1.54, 1.807) is 0 Å². The van der Waals surface area contributed by atoms with Crippen molar-refractivity contribution in [2.24, 2.45) is 0 Å². The zero-order chi connectivity index (χ0) is 10.6. The predicted octanol–water partition coefficient (Wildman–Crippen LogP) is 4.70. The number of aryl methyl sites for hydroxylation is 1. The van der Waals surface area contributed by atoms with Gasteiger partial charge in [-0.05, 0) is 30.0 Å². The summed E-state index contributed by atoms with van der Waals surface area (Å²) < 4.78 is 0.